The molecule has 0 aliphatic carbocycles. The molecule has 0 bridgehead atoms. The molecule has 2 aliphatic heterocycles. The van der Waals surface area contributed by atoms with Crippen LogP contribution in [0.2, 0.25) is 0 Å². The number of carbonyl (C=O) groups is 2. The molecule has 2 fully saturated rings. The molecule has 19 heteroatoms. The van der Waals surface area contributed by atoms with Crippen LogP contribution in [0, 0.1) is 0 Å². The molecule has 46 heavy (non-hydrogen) atoms. The van der Waals surface area contributed by atoms with E-state index < -0.39 is 118 Å². The van der Waals surface area contributed by atoms with Gasteiger partial charge in [-0.1, -0.05) is 0 Å². The smallest absolute Gasteiger partial charge is 0.335 e. The summed E-state index contributed by atoms with van der Waals surface area (Å²) in [5.74, 6) is -7.27. The molecule has 19 nitrogen and oxygen atoms in total. The SMILES string of the molecule is O=C(O)C1O[C@@H](Oc2ccc(-c3cc(=O)c4c(O)cc(O)c(O[C@@H]5OC(C(=O)O)[C@@H](O)[C@H](O)C5O)c4o3)cc2O)C(O)C(O)[C@@H]1O. The number of aromatic hydroxyl groups is 3. The maximum Gasteiger partial charge on any atom is 0.335 e. The highest BCUT2D eigenvalue weighted by Crippen LogP contribution is 2.43. The lowest BCUT2D eigenvalue weighted by Crippen LogP contribution is -2.61. The summed E-state index contributed by atoms with van der Waals surface area (Å²) in [6, 6.07) is 4.78. The summed E-state index contributed by atoms with van der Waals surface area (Å²) in [5, 5.41) is 110. The first kappa shape index (κ1) is 32.7. The Labute approximate surface area is 254 Å². The number of phenolic OH excluding ortho intramolecular Hbond substituents is 3. The molecule has 0 saturated carbocycles. The van der Waals surface area contributed by atoms with Crippen LogP contribution in [0.3, 0.4) is 0 Å². The quantitative estimate of drug-likeness (QED) is 0.122. The fraction of sp³-hybridized carbons (Fsp3) is 0.370. The van der Waals surface area contributed by atoms with E-state index in [0.29, 0.717) is 6.07 Å². The predicted molar refractivity (Wildman–Crippen MR) is 143 cm³/mol. The predicted octanol–water partition coefficient (Wildman–Crippen LogP) is -2.88. The standard InChI is InChI=1S/C27H26O19/c28-7-3-6(1-2-11(7)43-26-18(36)14(32)16(34)22(45-26)24(38)39)12-5-9(30)13-8(29)4-10(31)20(21(13)42-12)44-27-19(37)15(33)17(35)23(46-27)25(40)41/h1-5,14-19,22-23,26-29,31-37H,(H,38,39)(H,40,41)/t14?,15-,16-,17-,18?,19?,22?,23?,26+,27+/m0/s1. The summed E-state index contributed by atoms with van der Waals surface area (Å²) < 4.78 is 26.5. The van der Waals surface area contributed by atoms with Crippen molar-refractivity contribution in [1.82, 2.24) is 0 Å². The molecule has 2 aliphatic rings. The Morgan fingerprint density at radius 3 is 1.72 bits per heavy atom. The van der Waals surface area contributed by atoms with Gasteiger partial charge < -0.3 is 79.5 Å². The van der Waals surface area contributed by atoms with Crippen molar-refractivity contribution in [2.45, 2.75) is 61.4 Å². The number of carboxylic acids is 2. The van der Waals surface area contributed by atoms with E-state index in [-0.39, 0.29) is 11.3 Å². The lowest BCUT2D eigenvalue weighted by atomic mass is 9.99. The van der Waals surface area contributed by atoms with Crippen LogP contribution in [-0.4, -0.2) is 130 Å². The van der Waals surface area contributed by atoms with E-state index in [2.05, 4.69) is 0 Å². The number of rotatable bonds is 7. The second-order valence-electron chi connectivity index (χ2n) is 10.3. The molecule has 5 unspecified atom stereocenters. The Kier molecular flexibility index (Phi) is 8.68. The third-order valence-electron chi connectivity index (χ3n) is 7.26. The van der Waals surface area contributed by atoms with Gasteiger partial charge in [0.2, 0.25) is 18.3 Å². The van der Waals surface area contributed by atoms with Gasteiger partial charge in [0.15, 0.2) is 40.5 Å². The number of benzene rings is 2. The number of hydrogen-bond donors (Lipinski definition) is 11. The third kappa shape index (κ3) is 5.72. The fourth-order valence-electron chi connectivity index (χ4n) is 4.85. The van der Waals surface area contributed by atoms with Gasteiger partial charge in [-0.2, -0.15) is 0 Å². The van der Waals surface area contributed by atoms with Crippen molar-refractivity contribution >= 4 is 22.9 Å². The number of carboxylic acid groups (broad SMARTS) is 2. The molecule has 2 aromatic carbocycles. The Bertz CT molecular complexity index is 1720. The van der Waals surface area contributed by atoms with Crippen LogP contribution in [0.5, 0.6) is 28.7 Å². The summed E-state index contributed by atoms with van der Waals surface area (Å²) in [6.45, 7) is 0. The maximum atomic E-state index is 13.0. The molecule has 0 amide bonds. The van der Waals surface area contributed by atoms with E-state index in [1.807, 2.05) is 0 Å². The minimum Gasteiger partial charge on any atom is -0.507 e. The minimum absolute atomic E-state index is 0.0555. The third-order valence-corrected chi connectivity index (χ3v) is 7.26. The number of hydrogen-bond acceptors (Lipinski definition) is 17. The highest BCUT2D eigenvalue weighted by Gasteiger charge is 2.49. The van der Waals surface area contributed by atoms with Gasteiger partial charge in [0.1, 0.15) is 53.5 Å². The van der Waals surface area contributed by atoms with Crippen LogP contribution in [0.1, 0.15) is 0 Å². The maximum absolute atomic E-state index is 13.0. The van der Waals surface area contributed by atoms with E-state index in [1.165, 1.54) is 6.07 Å². The van der Waals surface area contributed by atoms with Gasteiger partial charge in [0.05, 0.1) is 0 Å². The molecule has 3 heterocycles. The molecule has 3 aromatic rings. The highest BCUT2D eigenvalue weighted by molar-refractivity contribution is 5.91. The average molecular weight is 654 g/mol. The molecule has 248 valence electrons. The molecule has 2 saturated heterocycles. The van der Waals surface area contributed by atoms with Crippen molar-refractivity contribution in [3.05, 3.63) is 40.6 Å². The number of phenols is 3. The van der Waals surface area contributed by atoms with Gasteiger partial charge in [-0.3, -0.25) is 4.79 Å². The van der Waals surface area contributed by atoms with Crippen molar-refractivity contribution in [2.75, 3.05) is 0 Å². The van der Waals surface area contributed by atoms with Crippen LogP contribution in [-0.2, 0) is 19.1 Å². The topological polar surface area (TPSA) is 324 Å². The van der Waals surface area contributed by atoms with Crippen molar-refractivity contribution in [1.29, 1.82) is 0 Å². The first-order valence-corrected chi connectivity index (χ1v) is 13.1. The van der Waals surface area contributed by atoms with Crippen LogP contribution < -0.4 is 14.9 Å². The first-order chi connectivity index (χ1) is 21.6. The number of aliphatic carboxylic acids is 2. The van der Waals surface area contributed by atoms with Crippen molar-refractivity contribution in [3.8, 4) is 40.1 Å². The lowest BCUT2D eigenvalue weighted by molar-refractivity contribution is -0.271. The molecular formula is C27H26O19. The molecule has 5 rings (SSSR count). The summed E-state index contributed by atoms with van der Waals surface area (Å²) in [6.07, 6.45) is -20.1. The largest absolute Gasteiger partial charge is 0.507 e. The fourth-order valence-corrected chi connectivity index (χ4v) is 4.85. The van der Waals surface area contributed by atoms with Crippen LogP contribution >= 0.6 is 0 Å². The summed E-state index contributed by atoms with van der Waals surface area (Å²) >= 11 is 0. The monoisotopic (exact) mass is 654 g/mol. The van der Waals surface area contributed by atoms with Gasteiger partial charge in [-0.15, -0.1) is 0 Å². The van der Waals surface area contributed by atoms with Gasteiger partial charge in [0, 0.05) is 17.7 Å². The van der Waals surface area contributed by atoms with E-state index in [1.54, 1.807) is 0 Å². The Morgan fingerprint density at radius 2 is 1.20 bits per heavy atom. The molecule has 11 N–H and O–H groups in total. The highest BCUT2D eigenvalue weighted by atomic mass is 16.7. The van der Waals surface area contributed by atoms with Crippen LogP contribution in [0.4, 0.5) is 0 Å². The average Bonchev–Trinajstić information content (AvgIpc) is 2.99. The van der Waals surface area contributed by atoms with E-state index in [0.717, 1.165) is 18.2 Å². The Balaban J connectivity index is 1.49. The van der Waals surface area contributed by atoms with E-state index in [9.17, 15) is 70.6 Å². The van der Waals surface area contributed by atoms with Gasteiger partial charge in [0.25, 0.3) is 0 Å². The van der Waals surface area contributed by atoms with Crippen LogP contribution in [0.25, 0.3) is 22.3 Å². The molecule has 1 aromatic heterocycles. The first-order valence-electron chi connectivity index (χ1n) is 13.1. The second kappa shape index (κ2) is 12.2. The lowest BCUT2D eigenvalue weighted by Gasteiger charge is -2.38. The minimum atomic E-state index is -2.08. The van der Waals surface area contributed by atoms with Crippen molar-refractivity contribution in [2.24, 2.45) is 0 Å². The van der Waals surface area contributed by atoms with Crippen molar-refractivity contribution < 1.29 is 89.1 Å². The second-order valence-corrected chi connectivity index (χ2v) is 10.3. The molecule has 0 spiro atoms. The molecule has 0 radical (unpaired) electrons. The summed E-state index contributed by atoms with van der Waals surface area (Å²) in [5.41, 5.74) is -1.64. The summed E-state index contributed by atoms with van der Waals surface area (Å²) in [7, 11) is 0. The number of fused-ring (bicyclic) bond motifs is 1. The van der Waals surface area contributed by atoms with Gasteiger partial charge in [-0.25, -0.2) is 9.59 Å². The number of ether oxygens (including phenoxy) is 4. The molecular weight excluding hydrogens is 628 g/mol. The van der Waals surface area contributed by atoms with Gasteiger partial charge in [-0.05, 0) is 18.2 Å². The summed E-state index contributed by atoms with van der Waals surface area (Å²) in [4.78, 5) is 35.8. The van der Waals surface area contributed by atoms with Crippen LogP contribution in [0.15, 0.2) is 39.5 Å². The normalized spacial score (nSPS) is 31.3. The number of aliphatic hydroxyl groups excluding tert-OH is 6. The van der Waals surface area contributed by atoms with Crippen molar-refractivity contribution in [3.63, 3.8) is 0 Å². The van der Waals surface area contributed by atoms with E-state index in [4.69, 9.17) is 23.4 Å². The zero-order chi connectivity index (χ0) is 33.8. The Hall–Kier alpha value is -4.73. The number of aliphatic hydroxyl groups is 6. The zero-order valence-electron chi connectivity index (χ0n) is 22.8. The van der Waals surface area contributed by atoms with E-state index >= 15 is 0 Å². The van der Waals surface area contributed by atoms with Gasteiger partial charge >= 0.3 is 11.9 Å². The molecule has 10 atom stereocenters. The Morgan fingerprint density at radius 1 is 0.652 bits per heavy atom. The zero-order valence-corrected chi connectivity index (χ0v) is 22.8.